The summed E-state index contributed by atoms with van der Waals surface area (Å²) in [5.74, 6) is 2.02. The summed E-state index contributed by atoms with van der Waals surface area (Å²) in [5, 5.41) is 15.6. The number of tetrazole rings is 1. The number of amides is 2. The molecule has 2 amide bonds. The number of aryl methyl sites for hydroxylation is 2. The van der Waals surface area contributed by atoms with Crippen molar-refractivity contribution in [3.63, 3.8) is 0 Å². The normalized spacial score (nSPS) is 19.1. The van der Waals surface area contributed by atoms with Crippen LogP contribution in [0.15, 0.2) is 33.1 Å². The third kappa shape index (κ3) is 6.10. The second kappa shape index (κ2) is 11.3. The van der Waals surface area contributed by atoms with Crippen LogP contribution in [0.3, 0.4) is 0 Å². The number of ether oxygens (including phenoxy) is 1. The predicted octanol–water partition coefficient (Wildman–Crippen LogP) is 3.34. The largest absolute Gasteiger partial charge is 0.464 e. The minimum atomic E-state index is -0.928. The van der Waals surface area contributed by atoms with Crippen LogP contribution in [-0.4, -0.2) is 62.2 Å². The molecule has 0 radical (unpaired) electrons. The Morgan fingerprint density at radius 2 is 1.84 bits per heavy atom. The van der Waals surface area contributed by atoms with E-state index in [0.717, 1.165) is 44.3 Å². The molecule has 11 nitrogen and oxygen atoms in total. The van der Waals surface area contributed by atoms with Gasteiger partial charge in [0, 0.05) is 19.2 Å². The Kier molecular flexibility index (Phi) is 7.68. The molecule has 11 heteroatoms. The fourth-order valence-electron chi connectivity index (χ4n) is 5.09. The molecule has 1 saturated carbocycles. The van der Waals surface area contributed by atoms with Crippen LogP contribution in [0.1, 0.15) is 68.3 Å². The van der Waals surface area contributed by atoms with Crippen molar-refractivity contribution in [2.45, 2.75) is 83.5 Å². The van der Waals surface area contributed by atoms with Gasteiger partial charge in [-0.2, -0.15) is 4.80 Å². The molecule has 0 bridgehead atoms. The van der Waals surface area contributed by atoms with Gasteiger partial charge in [-0.15, -0.1) is 10.2 Å². The van der Waals surface area contributed by atoms with E-state index in [9.17, 15) is 9.59 Å². The number of hydrogen-bond acceptors (Lipinski definition) is 8. The number of furan rings is 2. The van der Waals surface area contributed by atoms with E-state index in [0.29, 0.717) is 29.7 Å². The lowest BCUT2D eigenvalue weighted by Crippen LogP contribution is -2.49. The Labute approximate surface area is 215 Å². The van der Waals surface area contributed by atoms with Crippen molar-refractivity contribution in [3.8, 4) is 11.6 Å². The summed E-state index contributed by atoms with van der Waals surface area (Å²) in [6.45, 7) is 4.37. The molecule has 37 heavy (non-hydrogen) atoms. The van der Waals surface area contributed by atoms with E-state index < -0.39 is 6.04 Å². The first kappa shape index (κ1) is 25.2. The summed E-state index contributed by atoms with van der Waals surface area (Å²) in [4.78, 5) is 30.3. The van der Waals surface area contributed by atoms with E-state index in [-0.39, 0.29) is 37.0 Å². The predicted molar refractivity (Wildman–Crippen MR) is 132 cm³/mol. The highest BCUT2D eigenvalue weighted by molar-refractivity contribution is 5.88. The Bertz CT molecular complexity index is 1200. The number of carbonyl (C=O) groups excluding carboxylic acids is 2. The van der Waals surface area contributed by atoms with Crippen molar-refractivity contribution in [1.29, 1.82) is 0 Å². The summed E-state index contributed by atoms with van der Waals surface area (Å²) in [7, 11) is 0. The van der Waals surface area contributed by atoms with E-state index >= 15 is 0 Å². The maximum absolute atomic E-state index is 13.8. The minimum Gasteiger partial charge on any atom is -0.464 e. The molecule has 1 aliphatic heterocycles. The van der Waals surface area contributed by atoms with Gasteiger partial charge < -0.3 is 23.8 Å². The number of nitrogens with one attached hydrogen (secondary N) is 1. The highest BCUT2D eigenvalue weighted by atomic mass is 16.5. The fraction of sp³-hybridized carbons (Fsp3) is 0.577. The van der Waals surface area contributed by atoms with E-state index in [4.69, 9.17) is 13.6 Å². The lowest BCUT2D eigenvalue weighted by molar-refractivity contribution is -0.144. The molecule has 4 heterocycles. The van der Waals surface area contributed by atoms with Gasteiger partial charge in [-0.05, 0) is 69.0 Å². The molecule has 0 unspecified atom stereocenters. The zero-order chi connectivity index (χ0) is 25.8. The van der Waals surface area contributed by atoms with Crippen LogP contribution in [0.25, 0.3) is 11.6 Å². The van der Waals surface area contributed by atoms with Crippen LogP contribution in [0.2, 0.25) is 0 Å². The average Bonchev–Trinajstić information content (AvgIpc) is 3.69. The minimum absolute atomic E-state index is 0.0933. The van der Waals surface area contributed by atoms with E-state index in [2.05, 4.69) is 20.7 Å². The molecule has 1 N–H and O–H groups in total. The fourth-order valence-corrected chi connectivity index (χ4v) is 5.09. The number of aromatic nitrogens is 4. The molecule has 0 aromatic carbocycles. The second-order valence-electron chi connectivity index (χ2n) is 9.93. The van der Waals surface area contributed by atoms with Crippen molar-refractivity contribution in [1.82, 2.24) is 30.4 Å². The first-order valence-corrected chi connectivity index (χ1v) is 13.1. The maximum atomic E-state index is 13.8. The van der Waals surface area contributed by atoms with Gasteiger partial charge >= 0.3 is 0 Å². The third-order valence-electron chi connectivity index (χ3n) is 6.98. The Morgan fingerprint density at radius 1 is 1.05 bits per heavy atom. The van der Waals surface area contributed by atoms with Gasteiger partial charge in [0.1, 0.15) is 23.8 Å². The van der Waals surface area contributed by atoms with Crippen LogP contribution in [0.4, 0.5) is 0 Å². The quantitative estimate of drug-likeness (QED) is 0.464. The topological polar surface area (TPSA) is 129 Å². The SMILES string of the molecule is Cc1ccc(-c2nnn(CC(=O)N(C[C@H]3CCCO3)[C@H](C(=O)NC3CCCCC3)c3ccc(C)o3)n2)o1. The van der Waals surface area contributed by atoms with Crippen molar-refractivity contribution in [3.05, 3.63) is 41.5 Å². The summed E-state index contributed by atoms with van der Waals surface area (Å²) in [6, 6.07) is 6.31. The molecule has 5 rings (SSSR count). The van der Waals surface area contributed by atoms with Crippen LogP contribution in [0, 0.1) is 13.8 Å². The zero-order valence-electron chi connectivity index (χ0n) is 21.4. The maximum Gasteiger partial charge on any atom is 0.250 e. The Balaban J connectivity index is 1.40. The number of hydrogen-bond donors (Lipinski definition) is 1. The summed E-state index contributed by atoms with van der Waals surface area (Å²) >= 11 is 0. The lowest BCUT2D eigenvalue weighted by Gasteiger charge is -2.33. The molecule has 2 aliphatic rings. The van der Waals surface area contributed by atoms with Gasteiger partial charge in [0.25, 0.3) is 5.91 Å². The van der Waals surface area contributed by atoms with Crippen LogP contribution in [-0.2, 0) is 20.9 Å². The Hall–Kier alpha value is -3.47. The van der Waals surface area contributed by atoms with Gasteiger partial charge in [-0.1, -0.05) is 19.3 Å². The Morgan fingerprint density at radius 3 is 2.51 bits per heavy atom. The summed E-state index contributed by atoms with van der Waals surface area (Å²) in [6.07, 6.45) is 6.81. The molecule has 3 aromatic rings. The number of carbonyl (C=O) groups is 2. The van der Waals surface area contributed by atoms with Crippen molar-refractivity contribution >= 4 is 11.8 Å². The highest BCUT2D eigenvalue weighted by Gasteiger charge is 2.37. The van der Waals surface area contributed by atoms with Gasteiger partial charge in [-0.25, -0.2) is 0 Å². The molecule has 0 spiro atoms. The highest BCUT2D eigenvalue weighted by Crippen LogP contribution is 2.28. The first-order chi connectivity index (χ1) is 18.0. The van der Waals surface area contributed by atoms with Crippen molar-refractivity contribution < 1.29 is 23.2 Å². The average molecular weight is 511 g/mol. The van der Waals surface area contributed by atoms with Crippen molar-refractivity contribution in [2.75, 3.05) is 13.2 Å². The molecular weight excluding hydrogens is 476 g/mol. The van der Waals surface area contributed by atoms with E-state index in [1.807, 2.05) is 26.0 Å². The second-order valence-corrected chi connectivity index (χ2v) is 9.93. The van der Waals surface area contributed by atoms with Crippen LogP contribution >= 0.6 is 0 Å². The van der Waals surface area contributed by atoms with Crippen LogP contribution < -0.4 is 5.32 Å². The molecule has 2 fully saturated rings. The summed E-state index contributed by atoms with van der Waals surface area (Å²) < 4.78 is 17.3. The molecule has 1 saturated heterocycles. The molecule has 3 aromatic heterocycles. The van der Waals surface area contributed by atoms with Gasteiger partial charge in [-0.3, -0.25) is 9.59 Å². The van der Waals surface area contributed by atoms with E-state index in [1.165, 1.54) is 11.2 Å². The first-order valence-electron chi connectivity index (χ1n) is 13.1. The molecule has 198 valence electrons. The molecule has 2 atom stereocenters. The molecule has 1 aliphatic carbocycles. The smallest absolute Gasteiger partial charge is 0.250 e. The standard InChI is InChI=1S/C26H34N6O5/c1-17-10-12-21(36-17)24(26(34)27-19-7-4-3-5-8-19)31(15-20-9-6-14-35-20)23(33)16-32-29-25(28-30-32)22-13-11-18(2)37-22/h10-13,19-20,24H,3-9,14-16H2,1-2H3,(H,27,34)/t20-,24+/m1/s1. The number of rotatable bonds is 9. The third-order valence-corrected chi connectivity index (χ3v) is 6.98. The van der Waals surface area contributed by atoms with Gasteiger partial charge in [0.15, 0.2) is 11.8 Å². The van der Waals surface area contributed by atoms with Gasteiger partial charge in [0.05, 0.1) is 6.10 Å². The summed E-state index contributed by atoms with van der Waals surface area (Å²) in [5.41, 5.74) is 0. The van der Waals surface area contributed by atoms with Gasteiger partial charge in [0.2, 0.25) is 11.7 Å². The van der Waals surface area contributed by atoms with Crippen LogP contribution in [0.5, 0.6) is 0 Å². The van der Waals surface area contributed by atoms with E-state index in [1.54, 1.807) is 17.0 Å². The lowest BCUT2D eigenvalue weighted by atomic mass is 9.95. The van der Waals surface area contributed by atoms with Crippen molar-refractivity contribution in [2.24, 2.45) is 0 Å². The number of nitrogens with zero attached hydrogens (tertiary/aromatic N) is 5. The zero-order valence-corrected chi connectivity index (χ0v) is 21.4. The monoisotopic (exact) mass is 510 g/mol. The molecular formula is C26H34N6O5.